The van der Waals surface area contributed by atoms with Gasteiger partial charge >= 0.3 is 0 Å². The first-order valence-corrected chi connectivity index (χ1v) is 8.55. The summed E-state index contributed by atoms with van der Waals surface area (Å²) in [4.78, 5) is 0. The standard InChI is InChI=1S/C14H18ClNO3S/c1-14(2,20(3,17)18)9-16-8-11-10-6-4-5-7-12(10)19-13(11)15/h4-7,16H,8-9H2,1-3H3. The number of sulfone groups is 1. The van der Waals surface area contributed by atoms with Crippen LogP contribution in [0.15, 0.2) is 28.7 Å². The summed E-state index contributed by atoms with van der Waals surface area (Å²) in [5.41, 5.74) is 1.59. The highest BCUT2D eigenvalue weighted by molar-refractivity contribution is 7.92. The molecule has 1 heterocycles. The molecule has 0 aliphatic heterocycles. The topological polar surface area (TPSA) is 59.3 Å². The fourth-order valence-electron chi connectivity index (χ4n) is 1.85. The van der Waals surface area contributed by atoms with Gasteiger partial charge in [-0.3, -0.25) is 0 Å². The number of halogens is 1. The van der Waals surface area contributed by atoms with E-state index < -0.39 is 14.6 Å². The first-order valence-electron chi connectivity index (χ1n) is 6.28. The number of hydrogen-bond acceptors (Lipinski definition) is 4. The normalized spacial score (nSPS) is 13.0. The number of fused-ring (bicyclic) bond motifs is 1. The third kappa shape index (κ3) is 3.00. The van der Waals surface area contributed by atoms with Crippen molar-refractivity contribution in [3.63, 3.8) is 0 Å². The highest BCUT2D eigenvalue weighted by Gasteiger charge is 2.29. The fourth-order valence-corrected chi connectivity index (χ4v) is 2.47. The average molecular weight is 316 g/mol. The minimum absolute atomic E-state index is 0.343. The summed E-state index contributed by atoms with van der Waals surface area (Å²) in [7, 11) is -3.11. The second-order valence-corrected chi connectivity index (χ2v) is 8.48. The molecule has 1 N–H and O–H groups in total. The lowest BCUT2D eigenvalue weighted by Gasteiger charge is -2.22. The van der Waals surface area contributed by atoms with Gasteiger partial charge in [0.15, 0.2) is 15.1 Å². The Bertz CT molecular complexity index is 719. The lowest BCUT2D eigenvalue weighted by molar-refractivity contribution is 0.520. The number of hydrogen-bond donors (Lipinski definition) is 1. The Labute approximate surface area is 124 Å². The Hall–Kier alpha value is -1.04. The summed E-state index contributed by atoms with van der Waals surface area (Å²) in [5.74, 6) is 0. The highest BCUT2D eigenvalue weighted by atomic mass is 35.5. The van der Waals surface area contributed by atoms with Gasteiger partial charge in [-0.15, -0.1) is 0 Å². The fraction of sp³-hybridized carbons (Fsp3) is 0.429. The number of rotatable bonds is 5. The van der Waals surface area contributed by atoms with E-state index in [9.17, 15) is 8.42 Å². The van der Waals surface area contributed by atoms with Crippen LogP contribution in [0.2, 0.25) is 5.22 Å². The van der Waals surface area contributed by atoms with E-state index in [1.165, 1.54) is 6.26 Å². The lowest BCUT2D eigenvalue weighted by Crippen LogP contribution is -2.41. The molecule has 20 heavy (non-hydrogen) atoms. The summed E-state index contributed by atoms with van der Waals surface area (Å²) < 4.78 is 27.9. The van der Waals surface area contributed by atoms with Crippen molar-refractivity contribution in [2.24, 2.45) is 0 Å². The van der Waals surface area contributed by atoms with E-state index in [1.54, 1.807) is 13.8 Å². The molecule has 0 amide bonds. The van der Waals surface area contributed by atoms with Gasteiger partial charge in [-0.1, -0.05) is 18.2 Å². The van der Waals surface area contributed by atoms with Crippen LogP contribution in [0.25, 0.3) is 11.0 Å². The first-order chi connectivity index (χ1) is 9.22. The van der Waals surface area contributed by atoms with Crippen molar-refractivity contribution in [2.75, 3.05) is 12.8 Å². The zero-order valence-electron chi connectivity index (χ0n) is 11.7. The van der Waals surface area contributed by atoms with E-state index >= 15 is 0 Å². The Morgan fingerprint density at radius 1 is 1.30 bits per heavy atom. The van der Waals surface area contributed by atoms with Crippen molar-refractivity contribution in [2.45, 2.75) is 25.1 Å². The predicted octanol–water partition coefficient (Wildman–Crippen LogP) is 3.00. The lowest BCUT2D eigenvalue weighted by atomic mass is 10.1. The molecule has 2 rings (SSSR count). The summed E-state index contributed by atoms with van der Waals surface area (Å²) in [5, 5.41) is 4.43. The monoisotopic (exact) mass is 315 g/mol. The number of benzene rings is 1. The van der Waals surface area contributed by atoms with Crippen molar-refractivity contribution in [3.8, 4) is 0 Å². The molecule has 4 nitrogen and oxygen atoms in total. The van der Waals surface area contributed by atoms with Gasteiger partial charge in [0.2, 0.25) is 0 Å². The molecular weight excluding hydrogens is 298 g/mol. The molecule has 1 aromatic carbocycles. The maximum absolute atomic E-state index is 11.6. The van der Waals surface area contributed by atoms with Crippen molar-refractivity contribution >= 4 is 32.4 Å². The maximum Gasteiger partial charge on any atom is 0.199 e. The van der Waals surface area contributed by atoms with Gasteiger partial charge < -0.3 is 9.73 Å². The zero-order valence-corrected chi connectivity index (χ0v) is 13.3. The van der Waals surface area contributed by atoms with Crippen LogP contribution in [0, 0.1) is 0 Å². The molecule has 0 fully saturated rings. The zero-order chi connectivity index (χ0) is 15.0. The molecule has 0 saturated heterocycles. The van der Waals surface area contributed by atoms with Gasteiger partial charge in [0.25, 0.3) is 0 Å². The first kappa shape index (κ1) is 15.4. The molecule has 110 valence electrons. The summed E-state index contributed by atoms with van der Waals surface area (Å²) >= 11 is 6.08. The van der Waals surface area contributed by atoms with Crippen LogP contribution in [0.5, 0.6) is 0 Å². The molecule has 0 aliphatic carbocycles. The van der Waals surface area contributed by atoms with Crippen molar-refractivity contribution < 1.29 is 12.8 Å². The number of para-hydroxylation sites is 1. The van der Waals surface area contributed by atoms with Gasteiger partial charge in [-0.05, 0) is 31.5 Å². The summed E-state index contributed by atoms with van der Waals surface area (Å²) in [6.07, 6.45) is 1.24. The van der Waals surface area contributed by atoms with Crippen LogP contribution >= 0.6 is 11.6 Å². The van der Waals surface area contributed by atoms with E-state index in [0.717, 1.165) is 16.5 Å². The number of furan rings is 1. The van der Waals surface area contributed by atoms with E-state index in [0.29, 0.717) is 18.3 Å². The minimum Gasteiger partial charge on any atom is -0.444 e. The molecule has 0 bridgehead atoms. The van der Waals surface area contributed by atoms with E-state index in [2.05, 4.69) is 5.32 Å². The molecule has 0 aliphatic rings. The summed E-state index contributed by atoms with van der Waals surface area (Å²) in [6.45, 7) is 4.21. The quantitative estimate of drug-likeness (QED) is 0.921. The van der Waals surface area contributed by atoms with Crippen molar-refractivity contribution in [3.05, 3.63) is 35.0 Å². The summed E-state index contributed by atoms with van der Waals surface area (Å²) in [6, 6.07) is 7.58. The third-order valence-electron chi connectivity index (χ3n) is 3.51. The molecule has 0 atom stereocenters. The van der Waals surface area contributed by atoms with E-state index in [1.807, 2.05) is 24.3 Å². The van der Waals surface area contributed by atoms with E-state index in [-0.39, 0.29) is 0 Å². The highest BCUT2D eigenvalue weighted by Crippen LogP contribution is 2.29. The SMILES string of the molecule is CC(C)(CNCc1c(Cl)oc2ccccc12)S(C)(=O)=O. The molecule has 0 spiro atoms. The molecule has 1 aromatic heterocycles. The average Bonchev–Trinajstić information content (AvgIpc) is 2.64. The second kappa shape index (κ2) is 5.39. The van der Waals surface area contributed by atoms with Gasteiger partial charge in [0.1, 0.15) is 5.58 Å². The molecule has 2 aromatic rings. The Morgan fingerprint density at radius 3 is 2.60 bits per heavy atom. The van der Waals surface area contributed by atoms with Gasteiger partial charge in [-0.2, -0.15) is 0 Å². The van der Waals surface area contributed by atoms with Crippen LogP contribution in [0.1, 0.15) is 19.4 Å². The minimum atomic E-state index is -3.11. The van der Waals surface area contributed by atoms with Gasteiger partial charge in [0.05, 0.1) is 4.75 Å². The van der Waals surface area contributed by atoms with Crippen LogP contribution in [-0.4, -0.2) is 26.0 Å². The largest absolute Gasteiger partial charge is 0.444 e. The molecule has 0 unspecified atom stereocenters. The van der Waals surface area contributed by atoms with Crippen molar-refractivity contribution in [1.82, 2.24) is 5.32 Å². The Kier molecular flexibility index (Phi) is 4.14. The van der Waals surface area contributed by atoms with Crippen LogP contribution in [0.3, 0.4) is 0 Å². The number of nitrogens with one attached hydrogen (secondary N) is 1. The van der Waals surface area contributed by atoms with Crippen LogP contribution < -0.4 is 5.32 Å². The molecule has 6 heteroatoms. The Balaban J connectivity index is 2.13. The van der Waals surface area contributed by atoms with Gasteiger partial charge in [-0.25, -0.2) is 8.42 Å². The van der Waals surface area contributed by atoms with Crippen LogP contribution in [0.4, 0.5) is 0 Å². The van der Waals surface area contributed by atoms with Crippen LogP contribution in [-0.2, 0) is 16.4 Å². The van der Waals surface area contributed by atoms with Crippen molar-refractivity contribution in [1.29, 1.82) is 0 Å². The smallest absolute Gasteiger partial charge is 0.199 e. The molecular formula is C14H18ClNO3S. The maximum atomic E-state index is 11.6. The molecule has 0 saturated carbocycles. The predicted molar refractivity (Wildman–Crippen MR) is 81.9 cm³/mol. The second-order valence-electron chi connectivity index (χ2n) is 5.49. The van der Waals surface area contributed by atoms with Gasteiger partial charge in [0, 0.05) is 30.3 Å². The Morgan fingerprint density at radius 2 is 1.95 bits per heavy atom. The molecule has 0 radical (unpaired) electrons. The van der Waals surface area contributed by atoms with E-state index in [4.69, 9.17) is 16.0 Å². The third-order valence-corrected chi connectivity index (χ3v) is 5.96.